The molecule has 1 N–H and O–H groups in total. The average molecular weight is 355 g/mol. The van der Waals surface area contributed by atoms with E-state index in [2.05, 4.69) is 31.0 Å². The molecule has 0 radical (unpaired) electrons. The van der Waals surface area contributed by atoms with Crippen LogP contribution in [0.3, 0.4) is 0 Å². The van der Waals surface area contributed by atoms with Gasteiger partial charge in [0.1, 0.15) is 5.75 Å². The van der Waals surface area contributed by atoms with Crippen LogP contribution in [0, 0.1) is 0 Å². The Hall–Kier alpha value is -0.890. The number of aliphatic imine (C=N–C) groups is 1. The summed E-state index contributed by atoms with van der Waals surface area (Å²) in [6, 6.07) is 4.54. The lowest BCUT2D eigenvalue weighted by molar-refractivity contribution is -0.274. The number of rotatable bonds is 2. The summed E-state index contributed by atoms with van der Waals surface area (Å²) < 4.78 is 40.4. The van der Waals surface area contributed by atoms with Crippen LogP contribution in [0.5, 0.6) is 5.75 Å². The summed E-state index contributed by atoms with van der Waals surface area (Å²) in [7, 11) is 0. The van der Waals surface area contributed by atoms with Crippen LogP contribution in [0.15, 0.2) is 27.7 Å². The van der Waals surface area contributed by atoms with Crippen LogP contribution in [0.4, 0.5) is 18.9 Å². The summed E-state index contributed by atoms with van der Waals surface area (Å²) in [6.07, 6.45) is -4.70. The van der Waals surface area contributed by atoms with Gasteiger partial charge in [0.05, 0.1) is 10.5 Å². The third kappa shape index (κ3) is 4.31. The molecule has 1 heterocycles. The predicted molar refractivity (Wildman–Crippen MR) is 73.8 cm³/mol. The van der Waals surface area contributed by atoms with Crippen LogP contribution in [-0.4, -0.2) is 23.3 Å². The normalized spacial score (nSPS) is 19.2. The van der Waals surface area contributed by atoms with Crippen LogP contribution < -0.4 is 10.1 Å². The molecule has 1 aromatic rings. The summed E-state index contributed by atoms with van der Waals surface area (Å²) in [5, 5.41) is 3.82. The summed E-state index contributed by atoms with van der Waals surface area (Å²) in [6.45, 7) is 2.00. The Morgan fingerprint density at radius 3 is 2.74 bits per heavy atom. The second-order valence-corrected chi connectivity index (χ2v) is 5.78. The lowest BCUT2D eigenvalue weighted by Crippen LogP contribution is -2.17. The first-order valence-corrected chi connectivity index (χ1v) is 7.14. The molecule has 8 heteroatoms. The minimum atomic E-state index is -4.70. The highest BCUT2D eigenvalue weighted by atomic mass is 79.9. The number of thioether (sulfide) groups is 1. The van der Waals surface area contributed by atoms with Gasteiger partial charge in [-0.15, -0.1) is 13.2 Å². The van der Waals surface area contributed by atoms with E-state index in [1.807, 2.05) is 6.92 Å². The van der Waals surface area contributed by atoms with Gasteiger partial charge in [-0.1, -0.05) is 11.8 Å². The molecule has 104 valence electrons. The van der Waals surface area contributed by atoms with E-state index in [4.69, 9.17) is 0 Å². The number of nitrogens with zero attached hydrogens (tertiary/aromatic N) is 1. The van der Waals surface area contributed by atoms with Crippen molar-refractivity contribution >= 4 is 38.5 Å². The smallest absolute Gasteiger partial charge is 0.405 e. The maximum absolute atomic E-state index is 12.1. The largest absolute Gasteiger partial charge is 0.573 e. The first kappa shape index (κ1) is 14.5. The Bertz CT molecular complexity index is 507. The fourth-order valence-electron chi connectivity index (χ4n) is 1.45. The molecule has 1 atom stereocenters. The van der Waals surface area contributed by atoms with Crippen molar-refractivity contribution in [3.05, 3.63) is 22.7 Å². The van der Waals surface area contributed by atoms with Crippen molar-refractivity contribution in [3.8, 4) is 5.75 Å². The van der Waals surface area contributed by atoms with Crippen molar-refractivity contribution in [2.75, 3.05) is 11.1 Å². The number of anilines is 1. The van der Waals surface area contributed by atoms with Gasteiger partial charge in [-0.2, -0.15) is 0 Å². The highest BCUT2D eigenvalue weighted by Gasteiger charge is 2.32. The Kier molecular flexibility index (Phi) is 4.29. The van der Waals surface area contributed by atoms with Crippen LogP contribution in [0.25, 0.3) is 0 Å². The molecular formula is C11H10BrF3N2OS. The second kappa shape index (κ2) is 5.62. The molecule has 0 amide bonds. The molecule has 0 saturated heterocycles. The Balaban J connectivity index is 2.09. The van der Waals surface area contributed by atoms with Gasteiger partial charge in [0.15, 0.2) is 5.17 Å². The van der Waals surface area contributed by atoms with Crippen LogP contribution in [-0.2, 0) is 0 Å². The molecule has 1 aromatic carbocycles. The highest BCUT2D eigenvalue weighted by Crippen LogP contribution is 2.33. The highest BCUT2D eigenvalue weighted by molar-refractivity contribution is 9.10. The Labute approximate surface area is 120 Å². The van der Waals surface area contributed by atoms with Gasteiger partial charge in [0.25, 0.3) is 0 Å². The molecule has 0 fully saturated rings. The number of halogens is 4. The first-order valence-electron chi connectivity index (χ1n) is 5.36. The summed E-state index contributed by atoms with van der Waals surface area (Å²) >= 11 is 4.63. The van der Waals surface area contributed by atoms with Crippen molar-refractivity contribution in [1.82, 2.24) is 0 Å². The zero-order chi connectivity index (χ0) is 14.0. The molecule has 1 unspecified atom stereocenters. The third-order valence-electron chi connectivity index (χ3n) is 2.21. The van der Waals surface area contributed by atoms with E-state index in [1.165, 1.54) is 18.2 Å². The summed E-state index contributed by atoms with van der Waals surface area (Å²) in [4.78, 5) is 4.34. The molecule has 2 rings (SSSR count). The van der Waals surface area contributed by atoms with Crippen molar-refractivity contribution in [1.29, 1.82) is 0 Å². The van der Waals surface area contributed by atoms with Gasteiger partial charge < -0.3 is 10.1 Å². The van der Waals surface area contributed by atoms with Crippen molar-refractivity contribution in [3.63, 3.8) is 0 Å². The molecule has 0 saturated carbocycles. The number of nitrogens with one attached hydrogen (secondary N) is 1. The molecule has 19 heavy (non-hydrogen) atoms. The number of hydrogen-bond acceptors (Lipinski definition) is 4. The van der Waals surface area contributed by atoms with E-state index in [-0.39, 0.29) is 16.3 Å². The molecule has 0 aromatic heterocycles. The summed E-state index contributed by atoms with van der Waals surface area (Å²) in [5.41, 5.74) is 0.654. The van der Waals surface area contributed by atoms with E-state index in [0.29, 0.717) is 5.69 Å². The fraction of sp³-hybridized carbons (Fsp3) is 0.364. The van der Waals surface area contributed by atoms with Gasteiger partial charge in [0.2, 0.25) is 0 Å². The predicted octanol–water partition coefficient (Wildman–Crippen LogP) is 4.25. The Morgan fingerprint density at radius 2 is 2.21 bits per heavy atom. The molecule has 1 aliphatic heterocycles. The SMILES string of the molecule is CC1CSC(Nc2ccc(OC(F)(F)F)c(Br)c2)=N1. The van der Waals surface area contributed by atoms with Gasteiger partial charge in [-0.05, 0) is 41.1 Å². The molecule has 0 bridgehead atoms. The molecular weight excluding hydrogens is 345 g/mol. The van der Waals surface area contributed by atoms with Gasteiger partial charge in [-0.3, -0.25) is 4.99 Å². The third-order valence-corrected chi connectivity index (χ3v) is 3.96. The number of benzene rings is 1. The van der Waals surface area contributed by atoms with E-state index in [0.717, 1.165) is 10.9 Å². The van der Waals surface area contributed by atoms with Crippen molar-refractivity contribution in [2.24, 2.45) is 4.99 Å². The average Bonchev–Trinajstić information content (AvgIpc) is 2.66. The second-order valence-electron chi connectivity index (χ2n) is 3.91. The van der Waals surface area contributed by atoms with Crippen LogP contribution in [0.2, 0.25) is 0 Å². The standard InChI is InChI=1S/C11H10BrF3N2OS/c1-6-5-19-10(16-6)17-7-2-3-9(8(12)4-7)18-11(13,14)15/h2-4,6H,5H2,1H3,(H,16,17). The van der Waals surface area contributed by atoms with E-state index in [9.17, 15) is 13.2 Å². The van der Waals surface area contributed by atoms with Crippen LogP contribution >= 0.6 is 27.7 Å². The van der Waals surface area contributed by atoms with Gasteiger partial charge >= 0.3 is 6.36 Å². The number of amidine groups is 1. The summed E-state index contributed by atoms with van der Waals surface area (Å²) in [5.74, 6) is 0.631. The molecule has 1 aliphatic rings. The van der Waals surface area contributed by atoms with Gasteiger partial charge in [-0.25, -0.2) is 0 Å². The maximum Gasteiger partial charge on any atom is 0.573 e. The van der Waals surface area contributed by atoms with Crippen molar-refractivity contribution in [2.45, 2.75) is 19.3 Å². The van der Waals surface area contributed by atoms with E-state index in [1.54, 1.807) is 11.8 Å². The zero-order valence-corrected chi connectivity index (χ0v) is 12.2. The number of ether oxygens (including phenoxy) is 1. The lowest BCUT2D eigenvalue weighted by Gasteiger charge is -2.12. The quantitative estimate of drug-likeness (QED) is 0.861. The fourth-order valence-corrected chi connectivity index (χ4v) is 2.83. The number of alkyl halides is 3. The number of hydrogen-bond donors (Lipinski definition) is 1. The van der Waals surface area contributed by atoms with Gasteiger partial charge in [0, 0.05) is 11.4 Å². The van der Waals surface area contributed by atoms with E-state index < -0.39 is 6.36 Å². The minimum Gasteiger partial charge on any atom is -0.405 e. The maximum atomic E-state index is 12.1. The van der Waals surface area contributed by atoms with Crippen molar-refractivity contribution < 1.29 is 17.9 Å². The molecule has 0 aliphatic carbocycles. The zero-order valence-electron chi connectivity index (χ0n) is 9.79. The lowest BCUT2D eigenvalue weighted by atomic mass is 10.3. The monoisotopic (exact) mass is 354 g/mol. The first-order chi connectivity index (χ1) is 8.83. The van der Waals surface area contributed by atoms with Crippen LogP contribution in [0.1, 0.15) is 6.92 Å². The Morgan fingerprint density at radius 1 is 1.47 bits per heavy atom. The van der Waals surface area contributed by atoms with E-state index >= 15 is 0 Å². The topological polar surface area (TPSA) is 33.6 Å². The minimum absolute atomic E-state index is 0.228. The molecule has 3 nitrogen and oxygen atoms in total. The molecule has 0 spiro atoms.